The molecule has 2 atom stereocenters. The molecule has 0 aliphatic carbocycles. The fourth-order valence-corrected chi connectivity index (χ4v) is 1.16. The standard InChI is InChI=1S/C8H15ClN2O2/c1-5(8(13)11-2)3-6(10)7(12)4-9/h5-6H,3-4,10H2,1-2H3,(H,11,13)/t5-,6?/m0/s1. The van der Waals surface area contributed by atoms with E-state index in [9.17, 15) is 9.59 Å². The summed E-state index contributed by atoms with van der Waals surface area (Å²) in [5, 5.41) is 2.49. The van der Waals surface area contributed by atoms with E-state index < -0.39 is 6.04 Å². The van der Waals surface area contributed by atoms with Crippen LogP contribution in [0.4, 0.5) is 0 Å². The third-order valence-electron chi connectivity index (χ3n) is 1.85. The Labute approximate surface area is 82.8 Å². The third kappa shape index (κ3) is 4.24. The van der Waals surface area contributed by atoms with Crippen molar-refractivity contribution in [2.75, 3.05) is 12.9 Å². The van der Waals surface area contributed by atoms with Gasteiger partial charge in [-0.1, -0.05) is 6.92 Å². The monoisotopic (exact) mass is 206 g/mol. The number of Topliss-reactive ketones (excluding diaryl/α,β-unsaturated/α-hetero) is 1. The van der Waals surface area contributed by atoms with E-state index in [4.69, 9.17) is 17.3 Å². The number of nitrogens with two attached hydrogens (primary N) is 1. The van der Waals surface area contributed by atoms with E-state index in [0.717, 1.165) is 0 Å². The van der Waals surface area contributed by atoms with Gasteiger partial charge in [0.25, 0.3) is 0 Å². The summed E-state index contributed by atoms with van der Waals surface area (Å²) in [6.07, 6.45) is 0.339. The zero-order valence-electron chi connectivity index (χ0n) is 7.84. The summed E-state index contributed by atoms with van der Waals surface area (Å²) >= 11 is 5.31. The number of nitrogens with one attached hydrogen (secondary N) is 1. The summed E-state index contributed by atoms with van der Waals surface area (Å²) in [6.45, 7) is 1.72. The molecule has 0 aliphatic rings. The van der Waals surface area contributed by atoms with Gasteiger partial charge in [0.15, 0.2) is 5.78 Å². The van der Waals surface area contributed by atoms with Gasteiger partial charge in [-0.3, -0.25) is 9.59 Å². The van der Waals surface area contributed by atoms with Crippen molar-refractivity contribution < 1.29 is 9.59 Å². The predicted molar refractivity (Wildman–Crippen MR) is 51.6 cm³/mol. The zero-order valence-corrected chi connectivity index (χ0v) is 8.60. The SMILES string of the molecule is CNC(=O)[C@@H](C)CC(N)C(=O)CCl. The number of carbonyl (C=O) groups is 2. The number of carbonyl (C=O) groups excluding carboxylic acids is 2. The Balaban J connectivity index is 3.98. The highest BCUT2D eigenvalue weighted by Gasteiger charge is 2.19. The molecule has 0 radical (unpaired) electrons. The maximum absolute atomic E-state index is 11.0. The van der Waals surface area contributed by atoms with Crippen molar-refractivity contribution >= 4 is 23.3 Å². The van der Waals surface area contributed by atoms with Crippen LogP contribution in [0, 0.1) is 5.92 Å². The topological polar surface area (TPSA) is 72.2 Å². The molecule has 1 unspecified atom stereocenters. The van der Waals surface area contributed by atoms with Gasteiger partial charge < -0.3 is 11.1 Å². The van der Waals surface area contributed by atoms with E-state index in [-0.39, 0.29) is 23.5 Å². The van der Waals surface area contributed by atoms with Gasteiger partial charge in [0.2, 0.25) is 5.91 Å². The number of hydrogen-bond donors (Lipinski definition) is 2. The lowest BCUT2D eigenvalue weighted by Gasteiger charge is -2.13. The normalized spacial score (nSPS) is 14.8. The van der Waals surface area contributed by atoms with Gasteiger partial charge in [0, 0.05) is 13.0 Å². The average molecular weight is 207 g/mol. The maximum atomic E-state index is 11.0. The number of ketones is 1. The Bertz CT molecular complexity index is 177. The molecule has 0 aromatic rings. The predicted octanol–water partition coefficient (Wildman–Crippen LogP) is -0.106. The number of alkyl halides is 1. The number of hydrogen-bond acceptors (Lipinski definition) is 3. The van der Waals surface area contributed by atoms with Gasteiger partial charge in [-0.15, -0.1) is 11.6 Å². The van der Waals surface area contributed by atoms with E-state index in [0.29, 0.717) is 6.42 Å². The van der Waals surface area contributed by atoms with E-state index >= 15 is 0 Å². The van der Waals surface area contributed by atoms with Gasteiger partial charge in [-0.2, -0.15) is 0 Å². The first-order valence-electron chi connectivity index (χ1n) is 4.08. The molecule has 0 aromatic heterocycles. The van der Waals surface area contributed by atoms with E-state index in [1.807, 2.05) is 0 Å². The Morgan fingerprint density at radius 1 is 1.54 bits per heavy atom. The summed E-state index contributed by atoms with van der Waals surface area (Å²) in [7, 11) is 1.55. The first kappa shape index (κ1) is 12.4. The van der Waals surface area contributed by atoms with Gasteiger partial charge >= 0.3 is 0 Å². The van der Waals surface area contributed by atoms with Crippen molar-refractivity contribution in [2.24, 2.45) is 11.7 Å². The Hall–Kier alpha value is -0.610. The minimum Gasteiger partial charge on any atom is -0.359 e. The number of rotatable bonds is 5. The molecule has 4 nitrogen and oxygen atoms in total. The zero-order chi connectivity index (χ0) is 10.4. The highest BCUT2D eigenvalue weighted by molar-refractivity contribution is 6.28. The summed E-state index contributed by atoms with van der Waals surface area (Å²) in [5.41, 5.74) is 5.51. The summed E-state index contributed by atoms with van der Waals surface area (Å²) in [6, 6.07) is -0.634. The first-order chi connectivity index (χ1) is 6.02. The molecule has 0 aromatic carbocycles. The van der Waals surface area contributed by atoms with Crippen LogP contribution in [-0.4, -0.2) is 30.7 Å². The molecule has 3 N–H and O–H groups in total. The van der Waals surface area contributed by atoms with Crippen LogP contribution in [0.3, 0.4) is 0 Å². The lowest BCUT2D eigenvalue weighted by molar-refractivity contribution is -0.124. The lowest BCUT2D eigenvalue weighted by atomic mass is 9.99. The van der Waals surface area contributed by atoms with Crippen LogP contribution in [0.5, 0.6) is 0 Å². The molecule has 76 valence electrons. The van der Waals surface area contributed by atoms with Crippen LogP contribution >= 0.6 is 11.6 Å². The van der Waals surface area contributed by atoms with Gasteiger partial charge in [0.05, 0.1) is 11.9 Å². The van der Waals surface area contributed by atoms with E-state index in [1.165, 1.54) is 0 Å². The number of amides is 1. The smallest absolute Gasteiger partial charge is 0.222 e. The molecule has 0 aliphatic heterocycles. The van der Waals surface area contributed by atoms with Crippen LogP contribution in [0.15, 0.2) is 0 Å². The van der Waals surface area contributed by atoms with Gasteiger partial charge in [-0.05, 0) is 6.42 Å². The molecule has 0 rings (SSSR count). The van der Waals surface area contributed by atoms with Crippen LogP contribution in [0.1, 0.15) is 13.3 Å². The fraction of sp³-hybridized carbons (Fsp3) is 0.750. The van der Waals surface area contributed by atoms with Crippen LogP contribution in [-0.2, 0) is 9.59 Å². The summed E-state index contributed by atoms with van der Waals surface area (Å²) < 4.78 is 0. The molecule has 0 spiro atoms. The lowest BCUT2D eigenvalue weighted by Crippen LogP contribution is -2.37. The van der Waals surface area contributed by atoms with Crippen LogP contribution in [0.25, 0.3) is 0 Å². The van der Waals surface area contributed by atoms with Crippen molar-refractivity contribution in [1.29, 1.82) is 0 Å². The molecule has 13 heavy (non-hydrogen) atoms. The molecular weight excluding hydrogens is 192 g/mol. The molecule has 5 heteroatoms. The van der Waals surface area contributed by atoms with Crippen LogP contribution < -0.4 is 11.1 Å². The Kier molecular flexibility index (Phi) is 5.66. The van der Waals surface area contributed by atoms with Crippen molar-refractivity contribution in [3.63, 3.8) is 0 Å². The van der Waals surface area contributed by atoms with Crippen LogP contribution in [0.2, 0.25) is 0 Å². The Morgan fingerprint density at radius 3 is 2.46 bits per heavy atom. The first-order valence-corrected chi connectivity index (χ1v) is 4.62. The third-order valence-corrected chi connectivity index (χ3v) is 2.11. The molecule has 0 saturated carbocycles. The maximum Gasteiger partial charge on any atom is 0.222 e. The second kappa shape index (κ2) is 5.94. The van der Waals surface area contributed by atoms with E-state index in [2.05, 4.69) is 5.32 Å². The molecule has 0 bridgehead atoms. The number of halogens is 1. The van der Waals surface area contributed by atoms with Crippen molar-refractivity contribution in [1.82, 2.24) is 5.32 Å². The fourth-order valence-electron chi connectivity index (χ4n) is 0.965. The van der Waals surface area contributed by atoms with Crippen molar-refractivity contribution in [3.05, 3.63) is 0 Å². The molecular formula is C8H15ClN2O2. The van der Waals surface area contributed by atoms with Crippen molar-refractivity contribution in [2.45, 2.75) is 19.4 Å². The second-order valence-corrected chi connectivity index (χ2v) is 3.22. The Morgan fingerprint density at radius 2 is 2.08 bits per heavy atom. The summed E-state index contributed by atoms with van der Waals surface area (Å²) in [5.74, 6) is -0.691. The van der Waals surface area contributed by atoms with Gasteiger partial charge in [0.1, 0.15) is 0 Å². The molecule has 1 amide bonds. The van der Waals surface area contributed by atoms with E-state index in [1.54, 1.807) is 14.0 Å². The van der Waals surface area contributed by atoms with Gasteiger partial charge in [-0.25, -0.2) is 0 Å². The molecule has 0 heterocycles. The second-order valence-electron chi connectivity index (χ2n) is 2.96. The summed E-state index contributed by atoms with van der Waals surface area (Å²) in [4.78, 5) is 22.0. The highest BCUT2D eigenvalue weighted by Crippen LogP contribution is 2.05. The quantitative estimate of drug-likeness (QED) is 0.617. The largest absolute Gasteiger partial charge is 0.359 e. The molecule has 0 fully saturated rings. The minimum absolute atomic E-state index is 0.0956. The van der Waals surface area contributed by atoms with Crippen molar-refractivity contribution in [3.8, 4) is 0 Å². The highest BCUT2D eigenvalue weighted by atomic mass is 35.5. The minimum atomic E-state index is -0.634. The molecule has 0 saturated heterocycles. The average Bonchev–Trinajstić information content (AvgIpc) is 2.14.